The van der Waals surface area contributed by atoms with Crippen molar-refractivity contribution in [1.82, 2.24) is 5.32 Å². The Morgan fingerprint density at radius 3 is 2.76 bits per heavy atom. The Morgan fingerprint density at radius 2 is 2.20 bits per heavy atom. The van der Waals surface area contributed by atoms with Gasteiger partial charge >= 0.3 is 5.70 Å². The Morgan fingerprint density at radius 1 is 1.40 bits per heavy atom. The molecule has 1 aromatic heterocycles. The number of benzene rings is 1. The van der Waals surface area contributed by atoms with Crippen LogP contribution >= 0.6 is 11.3 Å². The number of phenolic OH excluding ortho intramolecular Hbond substituents is 1. The van der Waals surface area contributed by atoms with Gasteiger partial charge in [0.25, 0.3) is 5.88 Å². The van der Waals surface area contributed by atoms with Crippen LogP contribution in [0.5, 0.6) is 5.75 Å². The van der Waals surface area contributed by atoms with Gasteiger partial charge in [-0.1, -0.05) is 18.2 Å². The molecular weight excluding hydrogens is 342 g/mol. The van der Waals surface area contributed by atoms with Crippen molar-refractivity contribution in [3.8, 4) is 11.8 Å². The van der Waals surface area contributed by atoms with E-state index in [1.807, 2.05) is 5.38 Å². The van der Waals surface area contributed by atoms with E-state index in [0.29, 0.717) is 10.4 Å². The lowest BCUT2D eigenvalue weighted by atomic mass is 9.86. The monoisotopic (exact) mass is 355 g/mol. The van der Waals surface area contributed by atoms with Crippen LogP contribution in [0.4, 0.5) is 0 Å². The minimum absolute atomic E-state index is 0.0271. The maximum absolute atomic E-state index is 11.7. The summed E-state index contributed by atoms with van der Waals surface area (Å²) in [6.45, 7) is 0. The van der Waals surface area contributed by atoms with E-state index in [9.17, 15) is 20.5 Å². The molecule has 2 N–H and O–H groups in total. The highest BCUT2D eigenvalue weighted by atomic mass is 32.1. The van der Waals surface area contributed by atoms with Crippen molar-refractivity contribution in [1.29, 1.82) is 5.26 Å². The lowest BCUT2D eigenvalue weighted by molar-refractivity contribution is -0.433. The standard InChI is InChI=1S/C17H13N3O4S/c1-19-17-15(20(22)23)14(10-4-2-5-11(21)8-10)12(9-18)16(24-17)13-6-3-7-25-13/h2-8,14,19,21H,1H3. The fraction of sp³-hybridized carbons (Fsp3) is 0.118. The number of aromatic hydroxyl groups is 1. The van der Waals surface area contributed by atoms with Gasteiger partial charge in [-0.05, 0) is 29.1 Å². The third-order valence-corrected chi connectivity index (χ3v) is 4.60. The first kappa shape index (κ1) is 16.5. The number of phenols is 1. The number of nitriles is 1. The van der Waals surface area contributed by atoms with Crippen LogP contribution in [0, 0.1) is 21.4 Å². The van der Waals surface area contributed by atoms with Gasteiger partial charge in [0.15, 0.2) is 5.76 Å². The van der Waals surface area contributed by atoms with Crippen molar-refractivity contribution >= 4 is 17.1 Å². The van der Waals surface area contributed by atoms with Crippen molar-refractivity contribution in [3.05, 3.63) is 79.5 Å². The van der Waals surface area contributed by atoms with E-state index in [1.165, 1.54) is 30.5 Å². The summed E-state index contributed by atoms with van der Waals surface area (Å²) < 4.78 is 5.67. The molecule has 25 heavy (non-hydrogen) atoms. The molecule has 0 aliphatic carbocycles. The molecule has 7 nitrogen and oxygen atoms in total. The Balaban J connectivity index is 2.29. The molecule has 8 heteroatoms. The van der Waals surface area contributed by atoms with Crippen LogP contribution in [-0.4, -0.2) is 17.1 Å². The zero-order chi connectivity index (χ0) is 18.0. The van der Waals surface area contributed by atoms with E-state index in [-0.39, 0.29) is 28.7 Å². The van der Waals surface area contributed by atoms with Crippen molar-refractivity contribution in [3.63, 3.8) is 0 Å². The zero-order valence-electron chi connectivity index (χ0n) is 13.1. The maximum atomic E-state index is 11.7. The molecule has 0 saturated heterocycles. The number of hydrogen-bond donors (Lipinski definition) is 2. The van der Waals surface area contributed by atoms with E-state index in [1.54, 1.807) is 24.3 Å². The Labute approximate surface area is 147 Å². The van der Waals surface area contributed by atoms with Gasteiger partial charge in [-0.25, -0.2) is 0 Å². The van der Waals surface area contributed by atoms with Crippen molar-refractivity contribution < 1.29 is 14.8 Å². The average Bonchev–Trinajstić information content (AvgIpc) is 3.14. The van der Waals surface area contributed by atoms with Crippen molar-refractivity contribution in [2.45, 2.75) is 5.92 Å². The maximum Gasteiger partial charge on any atom is 0.318 e. The smallest absolute Gasteiger partial charge is 0.318 e. The molecule has 0 spiro atoms. The molecule has 0 fully saturated rings. The van der Waals surface area contributed by atoms with E-state index < -0.39 is 10.8 Å². The summed E-state index contributed by atoms with van der Waals surface area (Å²) in [6, 6.07) is 11.7. The van der Waals surface area contributed by atoms with Crippen LogP contribution in [0.1, 0.15) is 16.4 Å². The Hall–Kier alpha value is -3.31. The number of nitrogens with zero attached hydrogens (tertiary/aromatic N) is 2. The Bertz CT molecular complexity index is 926. The number of thiophene rings is 1. The van der Waals surface area contributed by atoms with Gasteiger partial charge in [-0.15, -0.1) is 11.3 Å². The minimum atomic E-state index is -0.958. The van der Waals surface area contributed by atoms with Crippen LogP contribution in [-0.2, 0) is 4.74 Å². The number of allylic oxidation sites excluding steroid dienone is 1. The summed E-state index contributed by atoms with van der Waals surface area (Å²) >= 11 is 1.37. The molecule has 1 unspecified atom stereocenters. The Kier molecular flexibility index (Phi) is 4.41. The van der Waals surface area contributed by atoms with Gasteiger partial charge < -0.3 is 15.2 Å². The molecule has 1 aliphatic heterocycles. The number of ether oxygens (including phenoxy) is 1. The summed E-state index contributed by atoms with van der Waals surface area (Å²) in [5.74, 6) is -0.741. The number of nitrogens with one attached hydrogen (secondary N) is 1. The molecule has 1 aliphatic rings. The first-order chi connectivity index (χ1) is 12.1. The number of rotatable bonds is 4. The average molecular weight is 355 g/mol. The second kappa shape index (κ2) is 6.67. The van der Waals surface area contributed by atoms with Gasteiger partial charge in [0, 0.05) is 7.05 Å². The van der Waals surface area contributed by atoms with Crippen molar-refractivity contribution in [2.75, 3.05) is 7.05 Å². The molecule has 2 aromatic rings. The summed E-state index contributed by atoms with van der Waals surface area (Å²) in [4.78, 5) is 11.8. The zero-order valence-corrected chi connectivity index (χ0v) is 13.9. The third-order valence-electron chi connectivity index (χ3n) is 3.74. The lowest BCUT2D eigenvalue weighted by Crippen LogP contribution is -2.26. The van der Waals surface area contributed by atoms with Gasteiger partial charge in [0.2, 0.25) is 0 Å². The van der Waals surface area contributed by atoms with Crippen LogP contribution in [0.2, 0.25) is 0 Å². The number of nitro groups is 1. The molecule has 126 valence electrons. The summed E-state index contributed by atoms with van der Waals surface area (Å²) in [5, 5.41) is 35.7. The highest BCUT2D eigenvalue weighted by molar-refractivity contribution is 7.11. The molecule has 0 bridgehead atoms. The van der Waals surface area contributed by atoms with E-state index in [4.69, 9.17) is 4.74 Å². The topological polar surface area (TPSA) is 108 Å². The van der Waals surface area contributed by atoms with Gasteiger partial charge in [-0.3, -0.25) is 10.1 Å². The van der Waals surface area contributed by atoms with Crippen molar-refractivity contribution in [2.24, 2.45) is 0 Å². The molecular formula is C17H13N3O4S. The summed E-state index contributed by atoms with van der Waals surface area (Å²) in [5.41, 5.74) is 0.289. The van der Waals surface area contributed by atoms with Gasteiger partial charge in [-0.2, -0.15) is 5.26 Å². The molecule has 0 amide bonds. The minimum Gasteiger partial charge on any atom is -0.508 e. The largest absolute Gasteiger partial charge is 0.508 e. The van der Waals surface area contributed by atoms with E-state index in [0.717, 1.165) is 0 Å². The quantitative estimate of drug-likeness (QED) is 0.644. The van der Waals surface area contributed by atoms with Crippen LogP contribution < -0.4 is 5.32 Å². The second-order valence-electron chi connectivity index (χ2n) is 5.18. The molecule has 0 saturated carbocycles. The first-order valence-electron chi connectivity index (χ1n) is 7.28. The molecule has 1 atom stereocenters. The lowest BCUT2D eigenvalue weighted by Gasteiger charge is -2.25. The fourth-order valence-corrected chi connectivity index (χ4v) is 3.43. The predicted molar refractivity (Wildman–Crippen MR) is 91.9 cm³/mol. The van der Waals surface area contributed by atoms with Crippen LogP contribution in [0.15, 0.2) is 58.9 Å². The molecule has 1 aromatic carbocycles. The third kappa shape index (κ3) is 2.93. The highest BCUT2D eigenvalue weighted by Gasteiger charge is 2.42. The summed E-state index contributed by atoms with van der Waals surface area (Å²) in [7, 11) is 1.52. The molecule has 2 heterocycles. The predicted octanol–water partition coefficient (Wildman–Crippen LogP) is 3.17. The highest BCUT2D eigenvalue weighted by Crippen LogP contribution is 2.44. The fourth-order valence-electron chi connectivity index (χ4n) is 2.71. The normalized spacial score (nSPS) is 17.0. The van der Waals surface area contributed by atoms with Gasteiger partial charge in [0.1, 0.15) is 11.7 Å². The SMILES string of the molecule is CNC1=C([N+](=O)[O-])C(c2cccc(O)c2)C(C#N)=C(c2cccs2)O1. The van der Waals surface area contributed by atoms with E-state index >= 15 is 0 Å². The molecule has 3 rings (SSSR count). The second-order valence-corrected chi connectivity index (χ2v) is 6.13. The van der Waals surface area contributed by atoms with Crippen LogP contribution in [0.3, 0.4) is 0 Å². The summed E-state index contributed by atoms with van der Waals surface area (Å²) in [6.07, 6.45) is 0. The van der Waals surface area contributed by atoms with E-state index in [2.05, 4.69) is 11.4 Å². The first-order valence-corrected chi connectivity index (χ1v) is 8.16. The van der Waals surface area contributed by atoms with Crippen LogP contribution in [0.25, 0.3) is 5.76 Å². The molecule has 0 radical (unpaired) electrons. The number of hydrogen-bond acceptors (Lipinski definition) is 7. The van der Waals surface area contributed by atoms with Gasteiger partial charge in [0.05, 0.1) is 21.4 Å².